The molecule has 2 rings (SSSR count). The molecular formula is C12H15F2NS. The Morgan fingerprint density at radius 2 is 2.06 bits per heavy atom. The van der Waals surface area contributed by atoms with E-state index >= 15 is 0 Å². The van der Waals surface area contributed by atoms with E-state index in [9.17, 15) is 8.78 Å². The quantitative estimate of drug-likeness (QED) is 0.814. The van der Waals surface area contributed by atoms with E-state index in [4.69, 9.17) is 0 Å². The van der Waals surface area contributed by atoms with E-state index in [1.165, 1.54) is 12.1 Å². The predicted molar refractivity (Wildman–Crippen MR) is 63.6 cm³/mol. The molecule has 16 heavy (non-hydrogen) atoms. The van der Waals surface area contributed by atoms with Crippen LogP contribution in [0.3, 0.4) is 0 Å². The molecule has 1 saturated heterocycles. The topological polar surface area (TPSA) is 12.0 Å². The molecule has 2 unspecified atom stereocenters. The first-order valence-electron chi connectivity index (χ1n) is 5.43. The molecule has 1 aliphatic rings. The Morgan fingerprint density at radius 3 is 2.81 bits per heavy atom. The molecule has 1 fully saturated rings. The van der Waals surface area contributed by atoms with Crippen molar-refractivity contribution in [3.05, 3.63) is 35.4 Å². The van der Waals surface area contributed by atoms with Gasteiger partial charge in [-0.25, -0.2) is 8.78 Å². The van der Waals surface area contributed by atoms with Crippen molar-refractivity contribution in [2.75, 3.05) is 18.1 Å². The minimum atomic E-state index is -0.779. The highest BCUT2D eigenvalue weighted by Crippen LogP contribution is 2.24. The number of rotatable bonds is 1. The summed E-state index contributed by atoms with van der Waals surface area (Å²) in [6, 6.07) is 4.28. The second-order valence-corrected chi connectivity index (χ2v) is 5.35. The molecule has 4 heteroatoms. The molecule has 0 bridgehead atoms. The number of benzene rings is 1. The van der Waals surface area contributed by atoms with Gasteiger partial charge in [-0.15, -0.1) is 0 Å². The molecule has 1 heterocycles. The molecule has 0 aliphatic carbocycles. The summed E-state index contributed by atoms with van der Waals surface area (Å²) in [5.41, 5.74) is 0.834. The molecule has 0 spiro atoms. The first kappa shape index (κ1) is 11.9. The summed E-state index contributed by atoms with van der Waals surface area (Å²) in [6.07, 6.45) is 0. The number of halogens is 2. The van der Waals surface area contributed by atoms with Crippen molar-refractivity contribution < 1.29 is 8.78 Å². The van der Waals surface area contributed by atoms with E-state index in [1.54, 1.807) is 6.07 Å². The smallest absolute Gasteiger partial charge is 0.159 e. The summed E-state index contributed by atoms with van der Waals surface area (Å²) in [7, 11) is 0. The van der Waals surface area contributed by atoms with Crippen LogP contribution in [0.4, 0.5) is 8.78 Å². The average Bonchev–Trinajstić information content (AvgIpc) is 2.47. The zero-order valence-electron chi connectivity index (χ0n) is 9.17. The molecule has 88 valence electrons. The van der Waals surface area contributed by atoms with Crippen LogP contribution in [-0.2, 0) is 0 Å². The summed E-state index contributed by atoms with van der Waals surface area (Å²) in [4.78, 5) is 0. The Labute approximate surface area is 98.6 Å². The van der Waals surface area contributed by atoms with Gasteiger partial charge in [-0.1, -0.05) is 13.0 Å². The van der Waals surface area contributed by atoms with E-state index in [1.807, 2.05) is 11.8 Å². The highest BCUT2D eigenvalue weighted by molar-refractivity contribution is 7.99. The van der Waals surface area contributed by atoms with E-state index in [-0.39, 0.29) is 6.04 Å². The van der Waals surface area contributed by atoms with Gasteiger partial charge in [0.1, 0.15) is 0 Å². The maximum atomic E-state index is 13.1. The summed E-state index contributed by atoms with van der Waals surface area (Å²) < 4.78 is 25.9. The molecular weight excluding hydrogens is 228 g/mol. The fraction of sp³-hybridized carbons (Fsp3) is 0.500. The molecule has 1 aliphatic heterocycles. The Hall–Kier alpha value is -0.610. The van der Waals surface area contributed by atoms with Crippen LogP contribution < -0.4 is 5.32 Å². The fourth-order valence-corrected chi connectivity index (χ4v) is 2.99. The Morgan fingerprint density at radius 1 is 1.25 bits per heavy atom. The van der Waals surface area contributed by atoms with E-state index in [2.05, 4.69) is 12.2 Å². The molecule has 2 atom stereocenters. The van der Waals surface area contributed by atoms with Crippen molar-refractivity contribution in [3.63, 3.8) is 0 Å². The van der Waals surface area contributed by atoms with Gasteiger partial charge in [-0.05, 0) is 35.9 Å². The van der Waals surface area contributed by atoms with Crippen molar-refractivity contribution >= 4 is 11.8 Å². The van der Waals surface area contributed by atoms with Crippen LogP contribution in [-0.4, -0.2) is 18.1 Å². The van der Waals surface area contributed by atoms with Gasteiger partial charge in [0.2, 0.25) is 0 Å². The summed E-state index contributed by atoms with van der Waals surface area (Å²) in [5.74, 6) is 1.11. The third-order valence-corrected chi connectivity index (χ3v) is 4.12. The van der Waals surface area contributed by atoms with Crippen LogP contribution >= 0.6 is 11.8 Å². The summed E-state index contributed by atoms with van der Waals surface area (Å²) >= 11 is 1.86. The van der Waals surface area contributed by atoms with Gasteiger partial charge < -0.3 is 5.32 Å². The van der Waals surface area contributed by atoms with E-state index in [0.29, 0.717) is 5.92 Å². The Bertz CT molecular complexity index is 370. The number of hydrogen-bond acceptors (Lipinski definition) is 2. The second kappa shape index (κ2) is 5.15. The van der Waals surface area contributed by atoms with Crippen molar-refractivity contribution in [1.82, 2.24) is 5.32 Å². The minimum absolute atomic E-state index is 0.130. The number of hydrogen-bond donors (Lipinski definition) is 1. The average molecular weight is 243 g/mol. The van der Waals surface area contributed by atoms with Gasteiger partial charge in [0.05, 0.1) is 0 Å². The first-order valence-corrected chi connectivity index (χ1v) is 6.58. The van der Waals surface area contributed by atoms with Gasteiger partial charge in [0.25, 0.3) is 0 Å². The minimum Gasteiger partial charge on any atom is -0.309 e. The standard InChI is InChI=1S/C12H15F2NS/c1-8-5-15-12(7-16-6-8)9-2-3-10(13)11(14)4-9/h2-4,8,12,15H,5-7H2,1H3. The maximum Gasteiger partial charge on any atom is 0.159 e. The van der Waals surface area contributed by atoms with E-state index < -0.39 is 11.6 Å². The molecule has 1 aromatic rings. The van der Waals surface area contributed by atoms with E-state index in [0.717, 1.165) is 23.6 Å². The monoisotopic (exact) mass is 243 g/mol. The van der Waals surface area contributed by atoms with Gasteiger partial charge >= 0.3 is 0 Å². The number of nitrogens with one attached hydrogen (secondary N) is 1. The van der Waals surface area contributed by atoms with Crippen LogP contribution in [0.2, 0.25) is 0 Å². The van der Waals surface area contributed by atoms with Gasteiger partial charge in [0.15, 0.2) is 11.6 Å². The lowest BCUT2D eigenvalue weighted by molar-refractivity contribution is 0.493. The van der Waals surface area contributed by atoms with Crippen molar-refractivity contribution in [2.24, 2.45) is 5.92 Å². The zero-order valence-corrected chi connectivity index (χ0v) is 9.99. The summed E-state index contributed by atoms with van der Waals surface area (Å²) in [6.45, 7) is 3.12. The van der Waals surface area contributed by atoms with Crippen LogP contribution in [0.5, 0.6) is 0 Å². The lowest BCUT2D eigenvalue weighted by Crippen LogP contribution is -2.25. The molecule has 1 aromatic carbocycles. The third-order valence-electron chi connectivity index (χ3n) is 2.75. The van der Waals surface area contributed by atoms with Gasteiger partial charge in [0, 0.05) is 11.8 Å². The van der Waals surface area contributed by atoms with Crippen LogP contribution in [0, 0.1) is 17.6 Å². The maximum absolute atomic E-state index is 13.1. The van der Waals surface area contributed by atoms with Crippen molar-refractivity contribution in [2.45, 2.75) is 13.0 Å². The molecule has 1 nitrogen and oxygen atoms in total. The highest BCUT2D eigenvalue weighted by atomic mass is 32.2. The Kier molecular flexibility index (Phi) is 3.82. The third kappa shape index (κ3) is 2.74. The first-order chi connectivity index (χ1) is 7.66. The molecule has 1 N–H and O–H groups in total. The molecule has 0 aromatic heterocycles. The van der Waals surface area contributed by atoms with Crippen LogP contribution in [0.1, 0.15) is 18.5 Å². The predicted octanol–water partition coefficient (Wildman–Crippen LogP) is 2.98. The van der Waals surface area contributed by atoms with Gasteiger partial charge in [-0.3, -0.25) is 0 Å². The normalized spacial score (nSPS) is 26.4. The van der Waals surface area contributed by atoms with Crippen LogP contribution in [0.15, 0.2) is 18.2 Å². The summed E-state index contributed by atoms with van der Waals surface area (Å²) in [5, 5.41) is 3.38. The number of thioether (sulfide) groups is 1. The van der Waals surface area contributed by atoms with Crippen LogP contribution in [0.25, 0.3) is 0 Å². The lowest BCUT2D eigenvalue weighted by atomic mass is 10.1. The fourth-order valence-electron chi connectivity index (χ4n) is 1.79. The zero-order chi connectivity index (χ0) is 11.5. The largest absolute Gasteiger partial charge is 0.309 e. The Balaban J connectivity index is 2.13. The second-order valence-electron chi connectivity index (χ2n) is 4.28. The molecule has 0 radical (unpaired) electrons. The van der Waals surface area contributed by atoms with Gasteiger partial charge in [-0.2, -0.15) is 11.8 Å². The SMILES string of the molecule is CC1CNC(c2ccc(F)c(F)c2)CSC1. The van der Waals surface area contributed by atoms with Crippen molar-refractivity contribution in [3.8, 4) is 0 Å². The van der Waals surface area contributed by atoms with Crippen molar-refractivity contribution in [1.29, 1.82) is 0 Å². The molecule has 0 saturated carbocycles. The molecule has 0 amide bonds. The highest BCUT2D eigenvalue weighted by Gasteiger charge is 2.18. The lowest BCUT2D eigenvalue weighted by Gasteiger charge is -2.16.